The van der Waals surface area contributed by atoms with Crippen LogP contribution in [0.4, 0.5) is 5.69 Å². The number of hydrogen-bond donors (Lipinski definition) is 0. The van der Waals surface area contributed by atoms with Crippen LogP contribution in [0.2, 0.25) is 0 Å². The molecule has 0 N–H and O–H groups in total. The minimum Gasteiger partial charge on any atom is -0.476 e. The highest BCUT2D eigenvalue weighted by molar-refractivity contribution is 6.12. The molecule has 0 saturated carbocycles. The molecule has 3 rings (SSSR count). The first kappa shape index (κ1) is 22.2. The summed E-state index contributed by atoms with van der Waals surface area (Å²) in [6, 6.07) is 11.1. The molecular weight excluding hydrogens is 392 g/mol. The maximum atomic E-state index is 13.4. The number of rotatable bonds is 5. The molecule has 0 saturated heterocycles. The topological polar surface area (TPSA) is 78.6 Å². The number of carbonyl (C=O) groups is 2. The van der Waals surface area contributed by atoms with Gasteiger partial charge in [0.15, 0.2) is 6.10 Å². The molecule has 1 atom stereocenters. The van der Waals surface area contributed by atoms with E-state index in [1.165, 1.54) is 9.80 Å². The van der Waals surface area contributed by atoms with Crippen LogP contribution in [0, 0.1) is 25.2 Å². The van der Waals surface area contributed by atoms with E-state index in [4.69, 9.17) is 4.74 Å². The molecule has 31 heavy (non-hydrogen) atoms. The molecule has 1 aromatic heterocycles. The van der Waals surface area contributed by atoms with E-state index in [2.05, 4.69) is 17.6 Å². The van der Waals surface area contributed by atoms with Crippen LogP contribution in [0.25, 0.3) is 6.08 Å². The maximum Gasteiger partial charge on any atom is 0.269 e. The van der Waals surface area contributed by atoms with Gasteiger partial charge >= 0.3 is 0 Å². The number of amides is 2. The summed E-state index contributed by atoms with van der Waals surface area (Å²) in [6.45, 7) is 7.04. The molecule has 0 radical (unpaired) electrons. The highest BCUT2D eigenvalue weighted by atomic mass is 16.5. The Hall–Kier alpha value is -3.53. The van der Waals surface area contributed by atoms with Crippen LogP contribution in [0.15, 0.2) is 35.9 Å². The highest BCUT2D eigenvalue weighted by Gasteiger charge is 2.35. The second-order valence-electron chi connectivity index (χ2n) is 7.87. The number of likely N-dealkylation sites (N-methyl/N-ethyl adjacent to an activating group) is 1. The van der Waals surface area contributed by atoms with Gasteiger partial charge in [-0.1, -0.05) is 19.1 Å². The normalized spacial score (nSPS) is 15.7. The third-order valence-corrected chi connectivity index (χ3v) is 5.45. The van der Waals surface area contributed by atoms with E-state index in [0.29, 0.717) is 11.4 Å². The van der Waals surface area contributed by atoms with Crippen molar-refractivity contribution in [1.29, 1.82) is 5.26 Å². The van der Waals surface area contributed by atoms with E-state index in [9.17, 15) is 14.9 Å². The molecule has 1 unspecified atom stereocenters. The number of aryl methyl sites for hydroxylation is 1. The number of nitriles is 1. The zero-order valence-electron chi connectivity index (χ0n) is 18.7. The van der Waals surface area contributed by atoms with Crippen molar-refractivity contribution in [3.8, 4) is 11.8 Å². The van der Waals surface area contributed by atoms with Gasteiger partial charge in [0.1, 0.15) is 17.4 Å². The fourth-order valence-electron chi connectivity index (χ4n) is 3.83. The van der Waals surface area contributed by atoms with Gasteiger partial charge in [-0.2, -0.15) is 5.26 Å². The van der Waals surface area contributed by atoms with E-state index in [0.717, 1.165) is 29.9 Å². The van der Waals surface area contributed by atoms with Crippen LogP contribution < -0.4 is 9.64 Å². The van der Waals surface area contributed by atoms with Crippen LogP contribution in [0.1, 0.15) is 30.3 Å². The van der Waals surface area contributed by atoms with Crippen molar-refractivity contribution in [2.75, 3.05) is 25.5 Å². The fraction of sp³-hybridized carbons (Fsp3) is 0.375. The highest BCUT2D eigenvalue weighted by Crippen LogP contribution is 2.34. The number of hydrogen-bond acceptors (Lipinski definition) is 4. The predicted octanol–water partition coefficient (Wildman–Crippen LogP) is 3.30. The molecular formula is C24H28N4O3. The lowest BCUT2D eigenvalue weighted by molar-refractivity contribution is -0.136. The molecule has 1 aromatic carbocycles. The van der Waals surface area contributed by atoms with Crippen molar-refractivity contribution in [2.45, 2.75) is 39.8 Å². The smallest absolute Gasteiger partial charge is 0.269 e. The lowest BCUT2D eigenvalue weighted by Crippen LogP contribution is -2.50. The van der Waals surface area contributed by atoms with Gasteiger partial charge in [0, 0.05) is 32.0 Å². The largest absolute Gasteiger partial charge is 0.476 e. The van der Waals surface area contributed by atoms with E-state index in [1.807, 2.05) is 19.9 Å². The Bertz CT molecular complexity index is 1070. The Kier molecular flexibility index (Phi) is 6.50. The van der Waals surface area contributed by atoms with Gasteiger partial charge in [-0.15, -0.1) is 0 Å². The molecule has 7 nitrogen and oxygen atoms in total. The van der Waals surface area contributed by atoms with Crippen LogP contribution in [0.3, 0.4) is 0 Å². The number of benzene rings is 1. The van der Waals surface area contributed by atoms with Crippen LogP contribution in [0.5, 0.6) is 5.75 Å². The van der Waals surface area contributed by atoms with E-state index in [-0.39, 0.29) is 18.0 Å². The third-order valence-electron chi connectivity index (χ3n) is 5.45. The minimum absolute atomic E-state index is 0.0181. The van der Waals surface area contributed by atoms with Crippen molar-refractivity contribution in [3.63, 3.8) is 0 Å². The van der Waals surface area contributed by atoms with Gasteiger partial charge in [-0.05, 0) is 50.1 Å². The van der Waals surface area contributed by atoms with Crippen LogP contribution in [-0.2, 0) is 16.1 Å². The number of nitrogens with zero attached hydrogens (tertiary/aromatic N) is 4. The molecule has 2 aromatic rings. The molecule has 0 fully saturated rings. The first-order valence-corrected chi connectivity index (χ1v) is 10.4. The number of carbonyl (C=O) groups excluding carboxylic acids is 2. The summed E-state index contributed by atoms with van der Waals surface area (Å²) in [5.41, 5.74) is 3.52. The second kappa shape index (κ2) is 9.09. The number of aromatic nitrogens is 1. The van der Waals surface area contributed by atoms with E-state index >= 15 is 0 Å². The Labute approximate surface area is 183 Å². The summed E-state index contributed by atoms with van der Waals surface area (Å²) in [5.74, 6) is -0.242. The zero-order valence-corrected chi connectivity index (χ0v) is 18.7. The van der Waals surface area contributed by atoms with Gasteiger partial charge in [-0.25, -0.2) is 0 Å². The number of fused-ring (bicyclic) bond motifs is 1. The predicted molar refractivity (Wildman–Crippen MR) is 120 cm³/mol. The lowest BCUT2D eigenvalue weighted by atomic mass is 10.1. The first-order chi connectivity index (χ1) is 14.8. The Morgan fingerprint density at radius 1 is 1.29 bits per heavy atom. The Balaban J connectivity index is 1.99. The van der Waals surface area contributed by atoms with Crippen molar-refractivity contribution in [2.24, 2.45) is 0 Å². The standard InChI is InChI=1S/C24H28N4O3/c1-6-11-27-16(2)12-18(17(27)3)13-19(14-25)23(29)28-15-22(24(30)26(4)5)31-21-10-8-7-9-20(21)28/h7-10,12-13,22H,6,11,15H2,1-5H3/b19-13+. The summed E-state index contributed by atoms with van der Waals surface area (Å²) >= 11 is 0. The minimum atomic E-state index is -0.830. The van der Waals surface area contributed by atoms with Gasteiger partial charge in [-0.3, -0.25) is 14.5 Å². The molecule has 1 aliphatic heterocycles. The van der Waals surface area contributed by atoms with Gasteiger partial charge in [0.2, 0.25) is 0 Å². The molecule has 2 amide bonds. The molecule has 162 valence electrons. The van der Waals surface area contributed by atoms with Crippen molar-refractivity contribution < 1.29 is 14.3 Å². The second-order valence-corrected chi connectivity index (χ2v) is 7.87. The molecule has 0 bridgehead atoms. The van der Waals surface area contributed by atoms with Gasteiger partial charge in [0.25, 0.3) is 11.8 Å². The van der Waals surface area contributed by atoms with Crippen molar-refractivity contribution in [3.05, 3.63) is 52.9 Å². The van der Waals surface area contributed by atoms with Crippen molar-refractivity contribution >= 4 is 23.6 Å². The van der Waals surface area contributed by atoms with E-state index < -0.39 is 12.0 Å². The number of ether oxygens (including phenoxy) is 1. The van der Waals surface area contributed by atoms with Crippen LogP contribution in [-0.4, -0.2) is 48.0 Å². The summed E-state index contributed by atoms with van der Waals surface area (Å²) in [4.78, 5) is 28.8. The number of para-hydroxylation sites is 2. The van der Waals surface area contributed by atoms with Gasteiger partial charge in [0.05, 0.1) is 12.2 Å². The maximum absolute atomic E-state index is 13.4. The van der Waals surface area contributed by atoms with E-state index in [1.54, 1.807) is 44.4 Å². The monoisotopic (exact) mass is 420 g/mol. The molecule has 1 aliphatic rings. The average Bonchev–Trinajstić information content (AvgIpc) is 3.03. The summed E-state index contributed by atoms with van der Waals surface area (Å²) < 4.78 is 8.02. The SMILES string of the molecule is CCCn1c(C)cc(/C=C(\C#N)C(=O)N2CC(C(=O)N(C)C)Oc3ccccc32)c1C. The van der Waals surface area contributed by atoms with Gasteiger partial charge < -0.3 is 14.2 Å². The summed E-state index contributed by atoms with van der Waals surface area (Å²) in [5, 5.41) is 9.79. The fourth-order valence-corrected chi connectivity index (χ4v) is 3.83. The summed E-state index contributed by atoms with van der Waals surface area (Å²) in [6.07, 6.45) is 1.80. The molecule has 2 heterocycles. The lowest BCUT2D eigenvalue weighted by Gasteiger charge is -2.35. The number of anilines is 1. The summed E-state index contributed by atoms with van der Waals surface area (Å²) in [7, 11) is 3.29. The first-order valence-electron chi connectivity index (χ1n) is 10.4. The zero-order chi connectivity index (χ0) is 22.7. The quantitative estimate of drug-likeness (QED) is 0.549. The van der Waals surface area contributed by atoms with Crippen molar-refractivity contribution in [1.82, 2.24) is 9.47 Å². The average molecular weight is 421 g/mol. The molecule has 0 aliphatic carbocycles. The molecule has 7 heteroatoms. The Morgan fingerprint density at radius 2 is 2.00 bits per heavy atom. The molecule has 0 spiro atoms. The third kappa shape index (κ3) is 4.33. The van der Waals surface area contributed by atoms with Crippen LogP contribution >= 0.6 is 0 Å². The Morgan fingerprint density at radius 3 is 2.65 bits per heavy atom.